The molecule has 1 N–H and O–H groups in total. The van der Waals surface area contributed by atoms with E-state index < -0.39 is 0 Å². The molecule has 0 saturated carbocycles. The molecule has 1 heterocycles. The van der Waals surface area contributed by atoms with Crippen LogP contribution in [0.25, 0.3) is 0 Å². The molecule has 0 aliphatic rings. The number of nitrogens with one attached hydrogen (secondary N) is 1. The van der Waals surface area contributed by atoms with Crippen LogP contribution in [0.15, 0.2) is 35.6 Å². The first-order valence-corrected chi connectivity index (χ1v) is 6.97. The van der Waals surface area contributed by atoms with Gasteiger partial charge in [-0.05, 0) is 17.7 Å². The van der Waals surface area contributed by atoms with Gasteiger partial charge in [-0.1, -0.05) is 23.7 Å². The molecule has 0 bridgehead atoms. The first-order chi connectivity index (χ1) is 10.1. The van der Waals surface area contributed by atoms with Gasteiger partial charge >= 0.3 is 0 Å². The van der Waals surface area contributed by atoms with Crippen LogP contribution >= 0.6 is 11.6 Å². The second kappa shape index (κ2) is 7.08. The van der Waals surface area contributed by atoms with Gasteiger partial charge in [-0.25, -0.2) is 0 Å². The predicted molar refractivity (Wildman–Crippen MR) is 84.1 cm³/mol. The number of benzene rings is 1. The highest BCUT2D eigenvalue weighted by Gasteiger charge is 2.08. The van der Waals surface area contributed by atoms with E-state index in [9.17, 15) is 0 Å². The van der Waals surface area contributed by atoms with E-state index in [4.69, 9.17) is 11.6 Å². The summed E-state index contributed by atoms with van der Waals surface area (Å²) in [6.07, 6.45) is 1.68. The molecule has 0 unspecified atom stereocenters. The molecule has 0 aliphatic heterocycles. The van der Waals surface area contributed by atoms with Gasteiger partial charge in [0.05, 0.1) is 6.54 Å². The van der Waals surface area contributed by atoms with Crippen molar-refractivity contribution in [2.45, 2.75) is 13.1 Å². The number of guanidine groups is 1. The summed E-state index contributed by atoms with van der Waals surface area (Å²) in [4.78, 5) is 6.32. The van der Waals surface area contributed by atoms with Crippen LogP contribution in [0.1, 0.15) is 11.4 Å². The van der Waals surface area contributed by atoms with Crippen molar-refractivity contribution in [3.63, 3.8) is 0 Å². The molecule has 7 heteroatoms. The van der Waals surface area contributed by atoms with Crippen molar-refractivity contribution in [2.75, 3.05) is 14.1 Å². The minimum Gasteiger partial charge on any atom is -0.349 e. The Kier molecular flexibility index (Phi) is 5.16. The van der Waals surface area contributed by atoms with Gasteiger partial charge in [0.1, 0.15) is 6.33 Å². The minimum absolute atomic E-state index is 0.578. The molecule has 0 radical (unpaired) electrons. The number of aryl methyl sites for hydroxylation is 1. The zero-order chi connectivity index (χ0) is 15.2. The molecule has 1 aromatic carbocycles. The quantitative estimate of drug-likeness (QED) is 0.690. The van der Waals surface area contributed by atoms with Crippen molar-refractivity contribution in [1.82, 2.24) is 25.0 Å². The molecule has 21 heavy (non-hydrogen) atoms. The summed E-state index contributed by atoms with van der Waals surface area (Å²) in [5, 5.41) is 11.9. The molecule has 0 fully saturated rings. The Bertz CT molecular complexity index is 604. The van der Waals surface area contributed by atoms with Crippen molar-refractivity contribution in [1.29, 1.82) is 0 Å². The number of aliphatic imine (C=N–C) groups is 1. The third-order valence-corrected chi connectivity index (χ3v) is 3.37. The summed E-state index contributed by atoms with van der Waals surface area (Å²) in [5.41, 5.74) is 1.17. The molecular weight excluding hydrogens is 288 g/mol. The molecule has 2 rings (SSSR count). The van der Waals surface area contributed by atoms with Crippen LogP contribution in [0.5, 0.6) is 0 Å². The van der Waals surface area contributed by atoms with Crippen molar-refractivity contribution in [3.05, 3.63) is 47.0 Å². The lowest BCUT2D eigenvalue weighted by Gasteiger charge is -2.22. The summed E-state index contributed by atoms with van der Waals surface area (Å²) >= 11 is 5.89. The Morgan fingerprint density at radius 2 is 2.10 bits per heavy atom. The van der Waals surface area contributed by atoms with Crippen LogP contribution in [-0.4, -0.2) is 39.7 Å². The van der Waals surface area contributed by atoms with Crippen molar-refractivity contribution >= 4 is 17.6 Å². The number of halogens is 1. The Balaban J connectivity index is 1.94. The van der Waals surface area contributed by atoms with Gasteiger partial charge in [-0.2, -0.15) is 0 Å². The topological polar surface area (TPSA) is 58.3 Å². The average Bonchev–Trinajstić information content (AvgIpc) is 2.88. The number of hydrogen-bond acceptors (Lipinski definition) is 3. The predicted octanol–water partition coefficient (Wildman–Crippen LogP) is 1.68. The number of rotatable bonds is 4. The lowest BCUT2D eigenvalue weighted by Crippen LogP contribution is -2.38. The van der Waals surface area contributed by atoms with Crippen LogP contribution in [0, 0.1) is 0 Å². The van der Waals surface area contributed by atoms with E-state index in [2.05, 4.69) is 20.5 Å². The first-order valence-electron chi connectivity index (χ1n) is 6.59. The molecular formula is C14H19ClN6. The fourth-order valence-corrected chi connectivity index (χ4v) is 2.07. The highest BCUT2D eigenvalue weighted by atomic mass is 35.5. The molecule has 6 nitrogen and oxygen atoms in total. The molecule has 0 spiro atoms. The maximum atomic E-state index is 5.89. The summed E-state index contributed by atoms with van der Waals surface area (Å²) in [6, 6.07) is 7.80. The van der Waals surface area contributed by atoms with Crippen molar-refractivity contribution < 1.29 is 0 Å². The van der Waals surface area contributed by atoms with Gasteiger partial charge < -0.3 is 14.8 Å². The molecule has 2 aromatic rings. The summed E-state index contributed by atoms with van der Waals surface area (Å²) in [5.74, 6) is 1.66. The highest BCUT2D eigenvalue weighted by molar-refractivity contribution is 6.30. The molecule has 112 valence electrons. The Hall–Kier alpha value is -2.08. The van der Waals surface area contributed by atoms with Gasteiger partial charge in [0.25, 0.3) is 0 Å². The SMILES string of the molecule is CN=C(NCc1nncn1C)N(C)Cc1ccc(Cl)cc1. The smallest absolute Gasteiger partial charge is 0.194 e. The van der Waals surface area contributed by atoms with Crippen LogP contribution in [0.3, 0.4) is 0 Å². The molecule has 0 amide bonds. The van der Waals surface area contributed by atoms with Gasteiger partial charge in [0.15, 0.2) is 11.8 Å². The van der Waals surface area contributed by atoms with Crippen molar-refractivity contribution in [2.24, 2.45) is 12.0 Å². The average molecular weight is 307 g/mol. The minimum atomic E-state index is 0.578. The third-order valence-electron chi connectivity index (χ3n) is 3.12. The largest absolute Gasteiger partial charge is 0.349 e. The Morgan fingerprint density at radius 3 is 2.67 bits per heavy atom. The standard InChI is InChI=1S/C14H19ClN6/c1-16-14(17-8-13-19-18-10-21(13)3)20(2)9-11-4-6-12(15)7-5-11/h4-7,10H,8-9H2,1-3H3,(H,16,17). The summed E-state index contributed by atoms with van der Waals surface area (Å²) in [7, 11) is 5.66. The van der Waals surface area contributed by atoms with Crippen LogP contribution in [0.4, 0.5) is 0 Å². The van der Waals surface area contributed by atoms with Gasteiger partial charge in [-0.3, -0.25) is 4.99 Å². The summed E-state index contributed by atoms with van der Waals surface area (Å²) < 4.78 is 1.87. The monoisotopic (exact) mass is 306 g/mol. The van der Waals surface area contributed by atoms with E-state index in [0.29, 0.717) is 6.54 Å². The van der Waals surface area contributed by atoms with E-state index in [0.717, 1.165) is 23.4 Å². The Morgan fingerprint density at radius 1 is 1.38 bits per heavy atom. The van der Waals surface area contributed by atoms with E-state index >= 15 is 0 Å². The molecule has 0 atom stereocenters. The number of aromatic nitrogens is 3. The zero-order valence-corrected chi connectivity index (χ0v) is 13.2. The fraction of sp³-hybridized carbons (Fsp3) is 0.357. The summed E-state index contributed by atoms with van der Waals surface area (Å²) in [6.45, 7) is 1.32. The number of nitrogens with zero attached hydrogens (tertiary/aromatic N) is 5. The second-order valence-electron chi connectivity index (χ2n) is 4.74. The van der Waals surface area contributed by atoms with Crippen molar-refractivity contribution in [3.8, 4) is 0 Å². The van der Waals surface area contributed by atoms with Gasteiger partial charge in [0, 0.05) is 32.7 Å². The second-order valence-corrected chi connectivity index (χ2v) is 5.18. The molecule has 0 aliphatic carbocycles. The fourth-order valence-electron chi connectivity index (χ4n) is 1.95. The van der Waals surface area contributed by atoms with Crippen LogP contribution < -0.4 is 5.32 Å². The van der Waals surface area contributed by atoms with E-state index in [1.807, 2.05) is 47.8 Å². The van der Waals surface area contributed by atoms with E-state index in [-0.39, 0.29) is 0 Å². The van der Waals surface area contributed by atoms with E-state index in [1.54, 1.807) is 13.4 Å². The Labute approximate surface area is 129 Å². The lowest BCUT2D eigenvalue weighted by molar-refractivity contribution is 0.474. The first kappa shape index (κ1) is 15.3. The highest BCUT2D eigenvalue weighted by Crippen LogP contribution is 2.11. The lowest BCUT2D eigenvalue weighted by atomic mass is 10.2. The number of hydrogen-bond donors (Lipinski definition) is 1. The molecule has 1 aromatic heterocycles. The van der Waals surface area contributed by atoms with Gasteiger partial charge in [-0.15, -0.1) is 10.2 Å². The van der Waals surface area contributed by atoms with Crippen LogP contribution in [-0.2, 0) is 20.1 Å². The molecule has 0 saturated heterocycles. The van der Waals surface area contributed by atoms with Gasteiger partial charge in [0.2, 0.25) is 0 Å². The third kappa shape index (κ3) is 4.19. The zero-order valence-electron chi connectivity index (χ0n) is 12.4. The maximum absolute atomic E-state index is 5.89. The normalized spacial score (nSPS) is 11.5. The maximum Gasteiger partial charge on any atom is 0.194 e. The van der Waals surface area contributed by atoms with E-state index in [1.165, 1.54) is 5.56 Å². The van der Waals surface area contributed by atoms with Crippen LogP contribution in [0.2, 0.25) is 5.02 Å².